The van der Waals surface area contributed by atoms with E-state index < -0.39 is 0 Å². The molecule has 0 unspecified atom stereocenters. The Labute approximate surface area is 137 Å². The summed E-state index contributed by atoms with van der Waals surface area (Å²) in [5.41, 5.74) is 3.90. The van der Waals surface area contributed by atoms with Crippen molar-refractivity contribution in [1.29, 1.82) is 0 Å². The summed E-state index contributed by atoms with van der Waals surface area (Å²) in [7, 11) is 0. The van der Waals surface area contributed by atoms with Crippen LogP contribution in [-0.4, -0.2) is 4.92 Å². The van der Waals surface area contributed by atoms with Crippen molar-refractivity contribution in [2.24, 2.45) is 0 Å². The minimum atomic E-state index is -0.324. The molecule has 0 bridgehead atoms. The molecule has 4 heteroatoms. The van der Waals surface area contributed by atoms with Crippen LogP contribution in [-0.2, 0) is 11.3 Å². The number of rotatable bonds is 7. The molecule has 0 aromatic heterocycles. The van der Waals surface area contributed by atoms with Gasteiger partial charge in [0, 0.05) is 6.07 Å². The highest BCUT2D eigenvalue weighted by atomic mass is 16.6. The minimum absolute atomic E-state index is 0.141. The molecule has 4 nitrogen and oxygen atoms in total. The van der Waals surface area contributed by atoms with Crippen molar-refractivity contribution in [3.05, 3.63) is 75.1 Å². The number of nitrogens with zero attached hydrogens (tertiary/aromatic N) is 1. The number of hydrogen-bond acceptors (Lipinski definition) is 3. The van der Waals surface area contributed by atoms with Crippen molar-refractivity contribution >= 4 is 5.69 Å². The Morgan fingerprint density at radius 1 is 1.39 bits per heavy atom. The van der Waals surface area contributed by atoms with E-state index in [0.717, 1.165) is 29.6 Å². The van der Waals surface area contributed by atoms with Crippen molar-refractivity contribution in [2.75, 3.05) is 0 Å². The first-order valence-electron chi connectivity index (χ1n) is 7.81. The molecular formula is C19H23NO3. The second-order valence-electron chi connectivity index (χ2n) is 6.14. The Balaban J connectivity index is 2.33. The van der Waals surface area contributed by atoms with Crippen LogP contribution in [0, 0.1) is 10.1 Å². The van der Waals surface area contributed by atoms with E-state index in [1.165, 1.54) is 0 Å². The molecule has 1 aromatic carbocycles. The van der Waals surface area contributed by atoms with Gasteiger partial charge in [0.1, 0.15) is 12.4 Å². The zero-order valence-electron chi connectivity index (χ0n) is 14.0. The third-order valence-electron chi connectivity index (χ3n) is 3.89. The summed E-state index contributed by atoms with van der Waals surface area (Å²) in [6.45, 7) is 9.86. The highest BCUT2D eigenvalue weighted by Crippen LogP contribution is 2.43. The van der Waals surface area contributed by atoms with Crippen LogP contribution in [0.15, 0.2) is 53.8 Å². The van der Waals surface area contributed by atoms with Gasteiger partial charge in [-0.1, -0.05) is 30.4 Å². The molecule has 23 heavy (non-hydrogen) atoms. The Bertz CT molecular complexity index is 678. The molecule has 122 valence electrons. The first-order valence-corrected chi connectivity index (χ1v) is 7.81. The van der Waals surface area contributed by atoms with E-state index in [9.17, 15) is 10.1 Å². The summed E-state index contributed by atoms with van der Waals surface area (Å²) in [6, 6.07) is 5.29. The molecule has 0 saturated heterocycles. The van der Waals surface area contributed by atoms with Crippen LogP contribution in [0.5, 0.6) is 0 Å². The molecule has 0 amide bonds. The van der Waals surface area contributed by atoms with Crippen LogP contribution in [0.1, 0.15) is 50.7 Å². The largest absolute Gasteiger partial charge is 0.488 e. The summed E-state index contributed by atoms with van der Waals surface area (Å²) in [5.74, 6) is 1.14. The predicted octanol–water partition coefficient (Wildman–Crippen LogP) is 5.42. The smallest absolute Gasteiger partial charge is 0.276 e. The normalized spacial score (nSPS) is 14.7. The van der Waals surface area contributed by atoms with Crippen LogP contribution in [0.2, 0.25) is 0 Å². The van der Waals surface area contributed by atoms with E-state index in [-0.39, 0.29) is 17.2 Å². The Kier molecular flexibility index (Phi) is 5.37. The van der Waals surface area contributed by atoms with Crippen LogP contribution >= 0.6 is 0 Å². The van der Waals surface area contributed by atoms with Gasteiger partial charge in [-0.05, 0) is 56.7 Å². The molecular weight excluding hydrogens is 290 g/mol. The number of nitro benzene ring substituents is 1. The molecule has 0 N–H and O–H groups in total. The van der Waals surface area contributed by atoms with Crippen molar-refractivity contribution in [1.82, 2.24) is 0 Å². The second-order valence-corrected chi connectivity index (χ2v) is 6.14. The van der Waals surface area contributed by atoms with E-state index >= 15 is 0 Å². The van der Waals surface area contributed by atoms with Crippen molar-refractivity contribution < 1.29 is 9.66 Å². The molecule has 1 saturated carbocycles. The summed E-state index contributed by atoms with van der Waals surface area (Å²) in [5, 5.41) is 11.3. The Morgan fingerprint density at radius 3 is 2.61 bits per heavy atom. The number of hydrogen-bond donors (Lipinski definition) is 0. The van der Waals surface area contributed by atoms with Crippen LogP contribution in [0.3, 0.4) is 0 Å². The second kappa shape index (κ2) is 7.27. The first kappa shape index (κ1) is 17.0. The van der Waals surface area contributed by atoms with Crippen LogP contribution < -0.4 is 0 Å². The highest BCUT2D eigenvalue weighted by Gasteiger charge is 2.30. The number of allylic oxidation sites excluding steroid dienone is 4. The van der Waals surface area contributed by atoms with Gasteiger partial charge in [0.2, 0.25) is 0 Å². The SMILES string of the molecule is C=C/C(C)=C(\C=C(C)C)OCc1c(C2CC2)cccc1[N+](=O)[O-]. The van der Waals surface area contributed by atoms with E-state index in [2.05, 4.69) is 6.58 Å². The standard InChI is InChI=1S/C19H23NO3/c1-5-14(4)19(11-13(2)3)23-12-17-16(15-9-10-15)7-6-8-18(17)20(21)22/h5-8,11,15H,1,9-10,12H2,2-4H3/b19-14+. The zero-order valence-corrected chi connectivity index (χ0v) is 14.0. The highest BCUT2D eigenvalue weighted by molar-refractivity contribution is 5.48. The van der Waals surface area contributed by atoms with Crippen molar-refractivity contribution in [3.8, 4) is 0 Å². The fraction of sp³-hybridized carbons (Fsp3) is 0.368. The van der Waals surface area contributed by atoms with Gasteiger partial charge in [0.15, 0.2) is 0 Å². The summed E-state index contributed by atoms with van der Waals surface area (Å²) in [4.78, 5) is 11.0. The average molecular weight is 313 g/mol. The quantitative estimate of drug-likeness (QED) is 0.292. The lowest BCUT2D eigenvalue weighted by Crippen LogP contribution is -2.03. The van der Waals surface area contributed by atoms with Gasteiger partial charge in [-0.2, -0.15) is 0 Å². The fourth-order valence-corrected chi connectivity index (χ4v) is 2.48. The topological polar surface area (TPSA) is 52.4 Å². The number of benzene rings is 1. The molecule has 0 spiro atoms. The summed E-state index contributed by atoms with van der Waals surface area (Å²) >= 11 is 0. The summed E-state index contributed by atoms with van der Waals surface area (Å²) < 4.78 is 5.93. The molecule has 1 aliphatic rings. The lowest BCUT2D eigenvalue weighted by atomic mass is 10.0. The van der Waals surface area contributed by atoms with Gasteiger partial charge >= 0.3 is 0 Å². The number of ether oxygens (including phenoxy) is 1. The molecule has 0 atom stereocenters. The maximum absolute atomic E-state index is 11.3. The fourth-order valence-electron chi connectivity index (χ4n) is 2.48. The van der Waals surface area contributed by atoms with Gasteiger partial charge in [-0.3, -0.25) is 10.1 Å². The molecule has 0 radical (unpaired) electrons. The van der Waals surface area contributed by atoms with Gasteiger partial charge in [-0.25, -0.2) is 0 Å². The molecule has 0 aliphatic heterocycles. The Hall–Kier alpha value is -2.36. The zero-order chi connectivity index (χ0) is 17.0. The third kappa shape index (κ3) is 4.31. The van der Waals surface area contributed by atoms with E-state index in [1.807, 2.05) is 32.9 Å². The molecule has 0 heterocycles. The first-order chi connectivity index (χ1) is 10.9. The molecule has 2 rings (SSSR count). The van der Waals surface area contributed by atoms with Gasteiger partial charge in [0.05, 0.1) is 10.5 Å². The van der Waals surface area contributed by atoms with E-state index in [0.29, 0.717) is 17.2 Å². The van der Waals surface area contributed by atoms with E-state index in [4.69, 9.17) is 4.74 Å². The molecule has 1 aromatic rings. The maximum atomic E-state index is 11.3. The van der Waals surface area contributed by atoms with Gasteiger partial charge in [-0.15, -0.1) is 0 Å². The summed E-state index contributed by atoms with van der Waals surface area (Å²) in [6.07, 6.45) is 5.85. The predicted molar refractivity (Wildman–Crippen MR) is 92.2 cm³/mol. The van der Waals surface area contributed by atoms with Crippen molar-refractivity contribution in [3.63, 3.8) is 0 Å². The van der Waals surface area contributed by atoms with Gasteiger partial charge in [0.25, 0.3) is 5.69 Å². The minimum Gasteiger partial charge on any atom is -0.488 e. The maximum Gasteiger partial charge on any atom is 0.276 e. The van der Waals surface area contributed by atoms with Gasteiger partial charge < -0.3 is 4.74 Å². The van der Waals surface area contributed by atoms with Crippen molar-refractivity contribution in [2.45, 2.75) is 46.1 Å². The monoisotopic (exact) mass is 313 g/mol. The molecule has 1 aliphatic carbocycles. The lowest BCUT2D eigenvalue weighted by Gasteiger charge is -2.13. The lowest BCUT2D eigenvalue weighted by molar-refractivity contribution is -0.385. The molecule has 1 fully saturated rings. The third-order valence-corrected chi connectivity index (χ3v) is 3.89. The van der Waals surface area contributed by atoms with Crippen LogP contribution in [0.4, 0.5) is 5.69 Å². The average Bonchev–Trinajstić information content (AvgIpc) is 3.34. The Morgan fingerprint density at radius 2 is 2.09 bits per heavy atom. The number of nitro groups is 1. The van der Waals surface area contributed by atoms with E-state index in [1.54, 1.807) is 18.2 Å². The van der Waals surface area contributed by atoms with Crippen LogP contribution in [0.25, 0.3) is 0 Å².